The number of aromatic nitrogens is 1. The number of halogens is 1. The van der Waals surface area contributed by atoms with E-state index in [0.29, 0.717) is 24.0 Å². The van der Waals surface area contributed by atoms with Crippen molar-refractivity contribution in [2.24, 2.45) is 0 Å². The topological polar surface area (TPSA) is 55.6 Å². The van der Waals surface area contributed by atoms with E-state index in [4.69, 9.17) is 20.8 Å². The lowest BCUT2D eigenvalue weighted by molar-refractivity contribution is 0.0994. The molecule has 188 valence electrons. The van der Waals surface area contributed by atoms with Gasteiger partial charge in [0.25, 0.3) is 0 Å². The lowest BCUT2D eigenvalue weighted by Gasteiger charge is -2.30. The van der Waals surface area contributed by atoms with E-state index < -0.39 is 0 Å². The second-order valence-corrected chi connectivity index (χ2v) is 10.3. The first kappa shape index (κ1) is 24.0. The number of furan rings is 1. The van der Waals surface area contributed by atoms with Crippen molar-refractivity contribution >= 4 is 17.4 Å². The molecule has 0 bridgehead atoms. The summed E-state index contributed by atoms with van der Waals surface area (Å²) >= 11 is 5.95. The molecule has 6 rings (SSSR count). The Kier molecular flexibility index (Phi) is 6.81. The molecule has 0 atom stereocenters. The van der Waals surface area contributed by atoms with E-state index in [1.807, 2.05) is 42.5 Å². The predicted molar refractivity (Wildman–Crippen MR) is 145 cm³/mol. The summed E-state index contributed by atoms with van der Waals surface area (Å²) < 4.78 is 12.5. The fourth-order valence-electron chi connectivity index (χ4n) is 5.43. The normalized spacial score (nSPS) is 16.2. The van der Waals surface area contributed by atoms with Crippen LogP contribution in [0.15, 0.2) is 77.5 Å². The molecular formula is C31H29ClN2O3. The van der Waals surface area contributed by atoms with Crippen LogP contribution in [-0.4, -0.2) is 41.9 Å². The number of pyridine rings is 1. The van der Waals surface area contributed by atoms with Crippen molar-refractivity contribution in [2.75, 3.05) is 26.2 Å². The molecule has 5 nitrogen and oxygen atoms in total. The van der Waals surface area contributed by atoms with E-state index in [-0.39, 0.29) is 5.78 Å². The van der Waals surface area contributed by atoms with Crippen LogP contribution >= 0.6 is 11.6 Å². The highest BCUT2D eigenvalue weighted by molar-refractivity contribution is 6.30. The molecule has 1 aliphatic carbocycles. The van der Waals surface area contributed by atoms with Crippen LogP contribution in [0.1, 0.15) is 46.9 Å². The number of benzene rings is 2. The summed E-state index contributed by atoms with van der Waals surface area (Å²) in [5, 5.41) is 0.717. The number of ether oxygens (including phenoxy) is 1. The standard InChI is InChI=1S/C31H29ClN2O3/c32-25-3-5-26(6-4-25)36-18-17-34-15-11-21(12-16-34)30-20-28(31(37-30)22-9-13-33-14-10-22)24-1-7-27-23(19-24)2-8-29(27)35/h1,3-7,9-10,13-14,19-21H,2,8,11-12,15-18H2. The zero-order valence-electron chi connectivity index (χ0n) is 20.7. The van der Waals surface area contributed by atoms with Gasteiger partial charge in [-0.15, -0.1) is 0 Å². The van der Waals surface area contributed by atoms with Crippen molar-refractivity contribution in [2.45, 2.75) is 31.6 Å². The Morgan fingerprint density at radius 3 is 2.49 bits per heavy atom. The smallest absolute Gasteiger partial charge is 0.163 e. The number of hydrogen-bond donors (Lipinski definition) is 0. The highest BCUT2D eigenvalue weighted by atomic mass is 35.5. The molecule has 0 N–H and O–H groups in total. The molecule has 2 aromatic heterocycles. The van der Waals surface area contributed by atoms with E-state index >= 15 is 0 Å². The first-order valence-corrected chi connectivity index (χ1v) is 13.3. The number of rotatable bonds is 7. The lowest BCUT2D eigenvalue weighted by Crippen LogP contribution is -2.35. The number of carbonyl (C=O) groups is 1. The number of hydrogen-bond acceptors (Lipinski definition) is 5. The third kappa shape index (κ3) is 5.20. The van der Waals surface area contributed by atoms with Gasteiger partial charge < -0.3 is 9.15 Å². The fourth-order valence-corrected chi connectivity index (χ4v) is 5.56. The lowest BCUT2D eigenvalue weighted by atomic mass is 9.93. The van der Waals surface area contributed by atoms with Gasteiger partial charge in [0.1, 0.15) is 23.9 Å². The van der Waals surface area contributed by atoms with Gasteiger partial charge in [0.15, 0.2) is 5.78 Å². The van der Waals surface area contributed by atoms with Gasteiger partial charge in [-0.2, -0.15) is 0 Å². The van der Waals surface area contributed by atoms with Crippen LogP contribution < -0.4 is 4.74 Å². The summed E-state index contributed by atoms with van der Waals surface area (Å²) in [4.78, 5) is 18.8. The van der Waals surface area contributed by atoms with Crippen LogP contribution in [0.5, 0.6) is 5.75 Å². The fraction of sp³-hybridized carbons (Fsp3) is 0.290. The number of carbonyl (C=O) groups excluding carboxylic acids is 1. The van der Waals surface area contributed by atoms with E-state index in [1.165, 1.54) is 0 Å². The molecule has 0 spiro atoms. The largest absolute Gasteiger partial charge is 0.492 e. The van der Waals surface area contributed by atoms with E-state index in [2.05, 4.69) is 28.1 Å². The molecule has 0 saturated carbocycles. The van der Waals surface area contributed by atoms with Gasteiger partial charge in [0.05, 0.1) is 0 Å². The first-order valence-electron chi connectivity index (χ1n) is 13.0. The van der Waals surface area contributed by atoms with Crippen molar-refractivity contribution in [3.05, 3.63) is 95.0 Å². The van der Waals surface area contributed by atoms with Crippen LogP contribution in [0.2, 0.25) is 5.02 Å². The average molecular weight is 513 g/mol. The van der Waals surface area contributed by atoms with Crippen molar-refractivity contribution in [3.63, 3.8) is 0 Å². The molecule has 0 radical (unpaired) electrons. The van der Waals surface area contributed by atoms with Crippen LogP contribution in [0.25, 0.3) is 22.5 Å². The van der Waals surface area contributed by atoms with Crippen LogP contribution in [-0.2, 0) is 6.42 Å². The molecule has 6 heteroatoms. The Bertz CT molecular complexity index is 1390. The van der Waals surface area contributed by atoms with E-state index in [1.54, 1.807) is 12.4 Å². The van der Waals surface area contributed by atoms with Gasteiger partial charge in [-0.05, 0) is 85.9 Å². The van der Waals surface area contributed by atoms with Gasteiger partial charge in [-0.25, -0.2) is 0 Å². The molecule has 2 aliphatic rings. The number of fused-ring (bicyclic) bond motifs is 1. The highest BCUT2D eigenvalue weighted by Crippen LogP contribution is 2.41. The maximum Gasteiger partial charge on any atom is 0.163 e. The van der Waals surface area contributed by atoms with Crippen molar-refractivity contribution < 1.29 is 13.9 Å². The molecule has 3 heterocycles. The van der Waals surface area contributed by atoms with Gasteiger partial charge in [-0.3, -0.25) is 14.7 Å². The van der Waals surface area contributed by atoms with Crippen LogP contribution in [0, 0.1) is 0 Å². The molecule has 0 unspecified atom stereocenters. The number of ketones is 1. The summed E-state index contributed by atoms with van der Waals surface area (Å²) in [6.07, 6.45) is 7.11. The third-order valence-corrected chi connectivity index (χ3v) is 7.76. The maximum atomic E-state index is 12.1. The zero-order valence-corrected chi connectivity index (χ0v) is 21.4. The molecule has 4 aromatic rings. The number of nitrogens with zero attached hydrogens (tertiary/aromatic N) is 2. The van der Waals surface area contributed by atoms with E-state index in [0.717, 1.165) is 84.0 Å². The quantitative estimate of drug-likeness (QED) is 0.265. The molecule has 1 fully saturated rings. The second-order valence-electron chi connectivity index (χ2n) is 9.84. The van der Waals surface area contributed by atoms with Gasteiger partial charge >= 0.3 is 0 Å². The van der Waals surface area contributed by atoms with Crippen molar-refractivity contribution in [1.29, 1.82) is 0 Å². The second kappa shape index (κ2) is 10.5. The molecule has 1 aliphatic heterocycles. The Balaban J connectivity index is 1.16. The van der Waals surface area contributed by atoms with Crippen LogP contribution in [0.3, 0.4) is 0 Å². The summed E-state index contributed by atoms with van der Waals surface area (Å²) in [5.41, 5.74) is 5.21. The first-order chi connectivity index (χ1) is 18.1. The Morgan fingerprint density at radius 1 is 0.919 bits per heavy atom. The van der Waals surface area contributed by atoms with E-state index in [9.17, 15) is 4.79 Å². The SMILES string of the molecule is O=C1CCc2cc(-c3cc(C4CCN(CCOc5ccc(Cl)cc5)CC4)oc3-c3ccncc3)ccc21. The highest BCUT2D eigenvalue weighted by Gasteiger charge is 2.27. The summed E-state index contributed by atoms with van der Waals surface area (Å²) in [5.74, 6) is 3.38. The number of Topliss-reactive ketones (excluding diaryl/α,β-unsaturated/α-hetero) is 1. The van der Waals surface area contributed by atoms with Gasteiger partial charge in [0, 0.05) is 53.0 Å². The molecule has 0 amide bonds. The number of piperidine rings is 1. The Morgan fingerprint density at radius 2 is 1.70 bits per heavy atom. The molecule has 1 saturated heterocycles. The minimum Gasteiger partial charge on any atom is -0.492 e. The Labute approximate surface area is 222 Å². The summed E-state index contributed by atoms with van der Waals surface area (Å²) in [6, 6.07) is 19.9. The number of likely N-dealkylation sites (tertiary alicyclic amines) is 1. The summed E-state index contributed by atoms with van der Waals surface area (Å²) in [7, 11) is 0. The Hall–Kier alpha value is -3.41. The molecular weight excluding hydrogens is 484 g/mol. The minimum absolute atomic E-state index is 0.245. The van der Waals surface area contributed by atoms with Gasteiger partial charge in [-0.1, -0.05) is 29.8 Å². The van der Waals surface area contributed by atoms with Gasteiger partial charge in [0.2, 0.25) is 0 Å². The third-order valence-electron chi connectivity index (χ3n) is 7.51. The van der Waals surface area contributed by atoms with Crippen LogP contribution in [0.4, 0.5) is 0 Å². The van der Waals surface area contributed by atoms with Crippen molar-refractivity contribution in [1.82, 2.24) is 9.88 Å². The molecule has 2 aromatic carbocycles. The zero-order chi connectivity index (χ0) is 25.2. The monoisotopic (exact) mass is 512 g/mol. The minimum atomic E-state index is 0.245. The van der Waals surface area contributed by atoms with Crippen molar-refractivity contribution in [3.8, 4) is 28.2 Å². The molecule has 37 heavy (non-hydrogen) atoms. The average Bonchev–Trinajstić information content (AvgIpc) is 3.55. The maximum absolute atomic E-state index is 12.1. The number of aryl methyl sites for hydroxylation is 1. The predicted octanol–water partition coefficient (Wildman–Crippen LogP) is 7.05. The summed E-state index contributed by atoms with van der Waals surface area (Å²) in [6.45, 7) is 3.57.